The molecule has 2 aromatic carbocycles. The fraction of sp³-hybridized carbons (Fsp3) is 0.182. The highest BCUT2D eigenvalue weighted by atomic mass is 16.5. The van der Waals surface area contributed by atoms with Crippen LogP contribution in [-0.4, -0.2) is 39.4 Å². The summed E-state index contributed by atoms with van der Waals surface area (Å²) in [7, 11) is 0. The monoisotopic (exact) mass is 409 g/mol. The lowest BCUT2D eigenvalue weighted by atomic mass is 10.1. The van der Waals surface area contributed by atoms with Crippen molar-refractivity contribution in [1.82, 2.24) is 10.8 Å². The lowest BCUT2D eigenvalue weighted by molar-refractivity contribution is -0.133. The highest BCUT2D eigenvalue weighted by Gasteiger charge is 2.25. The zero-order valence-electron chi connectivity index (χ0n) is 16.3. The highest BCUT2D eigenvalue weighted by molar-refractivity contribution is 5.97. The van der Waals surface area contributed by atoms with Crippen LogP contribution < -0.4 is 16.5 Å². The van der Waals surface area contributed by atoms with Crippen LogP contribution in [0.4, 0.5) is 0 Å². The summed E-state index contributed by atoms with van der Waals surface area (Å²) in [6.07, 6.45) is 0.513. The number of hydrogen-bond acceptors (Lipinski definition) is 6. The molecule has 2 rings (SSSR count). The topological polar surface area (TPSA) is 145 Å². The smallest absolute Gasteiger partial charge is 0.268 e. The van der Waals surface area contributed by atoms with E-state index in [1.165, 1.54) is 24.5 Å². The van der Waals surface area contributed by atoms with E-state index in [9.17, 15) is 14.7 Å². The Bertz CT molecular complexity index is 971. The Morgan fingerprint density at radius 1 is 1.13 bits per heavy atom. The van der Waals surface area contributed by atoms with E-state index in [1.54, 1.807) is 30.3 Å². The number of hydrogen-bond donors (Lipinski definition) is 6. The molecule has 0 bridgehead atoms. The van der Waals surface area contributed by atoms with Crippen molar-refractivity contribution in [2.75, 3.05) is 0 Å². The Balaban J connectivity index is 2.06. The molecule has 7 N–H and O–H groups in total. The minimum atomic E-state index is -1.29. The first-order valence-corrected chi connectivity index (χ1v) is 9.06. The van der Waals surface area contributed by atoms with Gasteiger partial charge in [0.1, 0.15) is 6.04 Å². The molecule has 0 spiro atoms. The van der Waals surface area contributed by atoms with Crippen molar-refractivity contribution in [3.05, 3.63) is 76.5 Å². The van der Waals surface area contributed by atoms with Gasteiger partial charge in [0, 0.05) is 11.1 Å². The maximum atomic E-state index is 12.2. The summed E-state index contributed by atoms with van der Waals surface area (Å²) in [4.78, 5) is 23.7. The van der Waals surface area contributed by atoms with Gasteiger partial charge in [0.2, 0.25) is 0 Å². The average Bonchev–Trinajstić information content (AvgIpc) is 2.76. The second-order valence-corrected chi connectivity index (χ2v) is 6.49. The van der Waals surface area contributed by atoms with Gasteiger partial charge in [0.25, 0.3) is 11.8 Å². The standard InChI is InChI=1S/C22H23N3O5/c1-14(27)20(22(29)25-30)24-21(28)18-9-6-15(7-10-18)8-11-19(23)12-16-2-4-17(13-26)5-3-16/h2-7,9-10,12,14,20,26-27,30H,13,23H2,1H3,(H,24,28)(H,25,29)/b19-12-/t14-,20?/m0/s1. The maximum Gasteiger partial charge on any atom is 0.268 e. The Hall–Kier alpha value is -3.64. The molecule has 0 saturated heterocycles. The molecule has 0 aliphatic rings. The molecule has 2 aromatic rings. The molecule has 0 aliphatic heterocycles. The summed E-state index contributed by atoms with van der Waals surface area (Å²) in [5.74, 6) is 4.20. The summed E-state index contributed by atoms with van der Waals surface area (Å²) in [5, 5.41) is 29.7. The molecule has 156 valence electrons. The van der Waals surface area contributed by atoms with Crippen molar-refractivity contribution in [2.24, 2.45) is 5.73 Å². The van der Waals surface area contributed by atoms with Gasteiger partial charge in [0.05, 0.1) is 18.4 Å². The van der Waals surface area contributed by atoms with Gasteiger partial charge in [-0.3, -0.25) is 14.8 Å². The van der Waals surface area contributed by atoms with Crippen molar-refractivity contribution >= 4 is 17.9 Å². The largest absolute Gasteiger partial charge is 0.392 e. The second-order valence-electron chi connectivity index (χ2n) is 6.49. The second kappa shape index (κ2) is 10.8. The van der Waals surface area contributed by atoms with Gasteiger partial charge >= 0.3 is 0 Å². The Labute approximate surface area is 174 Å². The number of amides is 2. The number of hydroxylamine groups is 1. The van der Waals surface area contributed by atoms with Crippen LogP contribution in [0.3, 0.4) is 0 Å². The number of benzene rings is 2. The molecule has 0 saturated carbocycles. The van der Waals surface area contributed by atoms with Gasteiger partial charge < -0.3 is 21.3 Å². The number of carbonyl (C=O) groups excluding carboxylic acids is 2. The lowest BCUT2D eigenvalue weighted by Crippen LogP contribution is -2.51. The molecule has 1 unspecified atom stereocenters. The molecule has 0 fully saturated rings. The third-order valence-corrected chi connectivity index (χ3v) is 4.14. The third kappa shape index (κ3) is 6.46. The molecule has 0 heterocycles. The first-order valence-electron chi connectivity index (χ1n) is 9.06. The van der Waals surface area contributed by atoms with Crippen molar-refractivity contribution in [3.63, 3.8) is 0 Å². The summed E-state index contributed by atoms with van der Waals surface area (Å²) in [6.45, 7) is 1.29. The van der Waals surface area contributed by atoms with Crippen LogP contribution >= 0.6 is 0 Å². The van der Waals surface area contributed by atoms with E-state index >= 15 is 0 Å². The number of aliphatic hydroxyl groups excluding tert-OH is 2. The Morgan fingerprint density at radius 3 is 2.30 bits per heavy atom. The summed E-state index contributed by atoms with van der Waals surface area (Å²) in [6, 6.07) is 12.2. The molecular formula is C22H23N3O5. The number of carbonyl (C=O) groups is 2. The van der Waals surface area contributed by atoms with E-state index in [1.807, 2.05) is 12.1 Å². The molecule has 0 aromatic heterocycles. The molecule has 8 nitrogen and oxygen atoms in total. The molecule has 30 heavy (non-hydrogen) atoms. The van der Waals surface area contributed by atoms with Gasteiger partial charge in [-0.1, -0.05) is 30.2 Å². The van der Waals surface area contributed by atoms with Gasteiger partial charge in [0.15, 0.2) is 0 Å². The van der Waals surface area contributed by atoms with Crippen molar-refractivity contribution in [2.45, 2.75) is 25.7 Å². The average molecular weight is 409 g/mol. The molecule has 0 aliphatic carbocycles. The van der Waals surface area contributed by atoms with Crippen LogP contribution in [0.15, 0.2) is 54.2 Å². The minimum Gasteiger partial charge on any atom is -0.392 e. The quantitative estimate of drug-likeness (QED) is 0.233. The molecule has 8 heteroatoms. The minimum absolute atomic E-state index is 0.0262. The predicted octanol–water partition coefficient (Wildman–Crippen LogP) is 0.515. The van der Waals surface area contributed by atoms with E-state index in [-0.39, 0.29) is 12.2 Å². The summed E-state index contributed by atoms with van der Waals surface area (Å²) in [5.41, 5.74) is 10.2. The molecule has 2 amide bonds. The van der Waals surface area contributed by atoms with Crippen molar-refractivity contribution in [1.29, 1.82) is 0 Å². The van der Waals surface area contributed by atoms with E-state index < -0.39 is 24.0 Å². The SMILES string of the molecule is C[C@H](O)C(NC(=O)c1ccc(C#C/C(N)=C/c2ccc(CO)cc2)cc1)C(=O)NO. The molecular weight excluding hydrogens is 386 g/mol. The lowest BCUT2D eigenvalue weighted by Gasteiger charge is -2.19. The van der Waals surface area contributed by atoms with Crippen molar-refractivity contribution in [3.8, 4) is 11.8 Å². The Morgan fingerprint density at radius 2 is 1.77 bits per heavy atom. The van der Waals surface area contributed by atoms with Crippen LogP contribution in [0.25, 0.3) is 6.08 Å². The number of nitrogens with one attached hydrogen (secondary N) is 2. The molecule has 2 atom stereocenters. The summed E-state index contributed by atoms with van der Waals surface area (Å²) < 4.78 is 0. The third-order valence-electron chi connectivity index (χ3n) is 4.14. The number of allylic oxidation sites excluding steroid dienone is 1. The zero-order valence-corrected chi connectivity index (χ0v) is 16.3. The van der Waals surface area contributed by atoms with Crippen LogP contribution in [0, 0.1) is 11.8 Å². The van der Waals surface area contributed by atoms with Crippen LogP contribution in [0.2, 0.25) is 0 Å². The first kappa shape index (κ1) is 22.6. The number of nitrogens with two attached hydrogens (primary N) is 1. The normalized spacial score (nSPS) is 12.9. The van der Waals surface area contributed by atoms with Gasteiger partial charge in [-0.15, -0.1) is 0 Å². The zero-order chi connectivity index (χ0) is 22.1. The predicted molar refractivity (Wildman–Crippen MR) is 111 cm³/mol. The van der Waals surface area contributed by atoms with Crippen LogP contribution in [-0.2, 0) is 11.4 Å². The van der Waals surface area contributed by atoms with Gasteiger partial charge in [-0.2, -0.15) is 0 Å². The Kier molecular flexibility index (Phi) is 8.14. The fourth-order valence-corrected chi connectivity index (χ4v) is 2.48. The first-order chi connectivity index (χ1) is 14.3. The van der Waals surface area contributed by atoms with E-state index in [2.05, 4.69) is 17.2 Å². The number of aliphatic hydroxyl groups is 2. The van der Waals surface area contributed by atoms with E-state index in [0.717, 1.165) is 11.1 Å². The van der Waals surface area contributed by atoms with E-state index in [4.69, 9.17) is 16.0 Å². The maximum absolute atomic E-state index is 12.2. The fourth-order valence-electron chi connectivity index (χ4n) is 2.48. The van der Waals surface area contributed by atoms with Crippen LogP contribution in [0.1, 0.15) is 34.0 Å². The van der Waals surface area contributed by atoms with Gasteiger partial charge in [-0.05, 0) is 54.3 Å². The van der Waals surface area contributed by atoms with Gasteiger partial charge in [-0.25, -0.2) is 5.48 Å². The number of rotatable bonds is 6. The van der Waals surface area contributed by atoms with Crippen molar-refractivity contribution < 1.29 is 25.0 Å². The highest BCUT2D eigenvalue weighted by Crippen LogP contribution is 2.08. The molecule has 0 radical (unpaired) electrons. The van der Waals surface area contributed by atoms with Crippen LogP contribution in [0.5, 0.6) is 0 Å². The van der Waals surface area contributed by atoms with E-state index in [0.29, 0.717) is 11.3 Å². The summed E-state index contributed by atoms with van der Waals surface area (Å²) >= 11 is 0.